The number of hydrogen-bond donors (Lipinski definition) is 0. The number of hydrogen-bond acceptors (Lipinski definition) is 0. The van der Waals surface area contributed by atoms with Gasteiger partial charge in [0.05, 0.1) is 0 Å². The van der Waals surface area contributed by atoms with E-state index in [-0.39, 0.29) is 30.5 Å². The summed E-state index contributed by atoms with van der Waals surface area (Å²) in [4.78, 5) is 0. The van der Waals surface area contributed by atoms with Crippen molar-refractivity contribution in [3.8, 4) is 0 Å². The van der Waals surface area contributed by atoms with Gasteiger partial charge in [0, 0.05) is 0 Å². The second kappa shape index (κ2) is 8.31. The molecule has 0 aromatic heterocycles. The molecule has 0 bridgehead atoms. The van der Waals surface area contributed by atoms with Crippen LogP contribution >= 0.6 is 0 Å². The molecule has 0 heterocycles. The maximum Gasteiger partial charge on any atom is 2.00 e. The van der Waals surface area contributed by atoms with Crippen LogP contribution in [0, 0.1) is 27.3 Å². The molecule has 1 aromatic carbocycles. The second-order valence-corrected chi connectivity index (χ2v) is 3.36. The molecule has 0 fully saturated rings. The molecular formula is C13H20Mg. The van der Waals surface area contributed by atoms with Crippen LogP contribution in [0.3, 0.4) is 0 Å². The quantitative estimate of drug-likeness (QED) is 0.517. The van der Waals surface area contributed by atoms with Crippen molar-refractivity contribution in [1.29, 1.82) is 0 Å². The van der Waals surface area contributed by atoms with E-state index < -0.39 is 0 Å². The molecule has 14 heavy (non-hydrogen) atoms. The molecule has 0 N–H and O–H groups in total. The first kappa shape index (κ1) is 16.4. The van der Waals surface area contributed by atoms with Gasteiger partial charge in [0.1, 0.15) is 0 Å². The summed E-state index contributed by atoms with van der Waals surface area (Å²) in [6.07, 6.45) is 3.79. The van der Waals surface area contributed by atoms with Crippen molar-refractivity contribution in [3.63, 3.8) is 0 Å². The van der Waals surface area contributed by atoms with Gasteiger partial charge < -0.3 is 7.43 Å². The van der Waals surface area contributed by atoms with Gasteiger partial charge in [0.15, 0.2) is 0 Å². The summed E-state index contributed by atoms with van der Waals surface area (Å²) >= 11 is 0. The summed E-state index contributed by atoms with van der Waals surface area (Å²) in [7, 11) is 0. The number of unbranched alkanes of at least 4 members (excludes halogenated alkanes) is 1. The van der Waals surface area contributed by atoms with Crippen molar-refractivity contribution in [3.05, 3.63) is 42.3 Å². The Hall–Kier alpha value is -0.0138. The van der Waals surface area contributed by atoms with Crippen LogP contribution in [-0.4, -0.2) is 23.1 Å². The van der Waals surface area contributed by atoms with Gasteiger partial charge in [-0.3, -0.25) is 0 Å². The van der Waals surface area contributed by atoms with Crippen molar-refractivity contribution < 1.29 is 0 Å². The Kier molecular flexibility index (Phi) is 9.74. The van der Waals surface area contributed by atoms with E-state index in [1.54, 1.807) is 0 Å². The van der Waals surface area contributed by atoms with Crippen LogP contribution in [0.5, 0.6) is 0 Å². The Bertz CT molecular complexity index is 253. The van der Waals surface area contributed by atoms with Crippen molar-refractivity contribution >= 4 is 23.1 Å². The van der Waals surface area contributed by atoms with E-state index >= 15 is 0 Å². The van der Waals surface area contributed by atoms with E-state index in [0.29, 0.717) is 0 Å². The fraction of sp³-hybridized carbons (Fsp3) is 0.462. The molecule has 0 amide bonds. The van der Waals surface area contributed by atoms with Gasteiger partial charge in [-0.25, -0.2) is 0 Å². The average molecular weight is 201 g/mol. The molecule has 0 atom stereocenters. The fourth-order valence-corrected chi connectivity index (χ4v) is 1.38. The van der Waals surface area contributed by atoms with Crippen LogP contribution in [-0.2, 0) is 6.42 Å². The minimum absolute atomic E-state index is 0. The van der Waals surface area contributed by atoms with Gasteiger partial charge in [-0.2, -0.15) is 34.9 Å². The van der Waals surface area contributed by atoms with Gasteiger partial charge in [0.2, 0.25) is 0 Å². The Morgan fingerprint density at radius 1 is 1.29 bits per heavy atom. The fourth-order valence-electron chi connectivity index (χ4n) is 1.38. The van der Waals surface area contributed by atoms with E-state index in [0.717, 1.165) is 0 Å². The van der Waals surface area contributed by atoms with Gasteiger partial charge in [0.25, 0.3) is 0 Å². The molecule has 0 aliphatic heterocycles. The topological polar surface area (TPSA) is 0 Å². The normalized spacial score (nSPS) is 8.79. The molecule has 0 aliphatic carbocycles. The molecule has 0 nitrogen and oxygen atoms in total. The van der Waals surface area contributed by atoms with Crippen LogP contribution in [0.25, 0.3) is 0 Å². The molecular weight excluding hydrogens is 180 g/mol. The van der Waals surface area contributed by atoms with Crippen LogP contribution in [0.2, 0.25) is 0 Å². The van der Waals surface area contributed by atoms with Gasteiger partial charge >= 0.3 is 23.1 Å². The minimum Gasteiger partial charge on any atom is -0.358 e. The van der Waals surface area contributed by atoms with Crippen molar-refractivity contribution in [2.45, 2.75) is 40.0 Å². The van der Waals surface area contributed by atoms with E-state index in [1.807, 2.05) is 6.07 Å². The maximum atomic E-state index is 3.22. The third-order valence-corrected chi connectivity index (χ3v) is 2.43. The summed E-state index contributed by atoms with van der Waals surface area (Å²) < 4.78 is 0. The zero-order valence-electron chi connectivity index (χ0n) is 9.98. The summed E-state index contributed by atoms with van der Waals surface area (Å²) in [5.74, 6) is 0. The first-order valence-electron chi connectivity index (χ1n) is 4.72. The summed E-state index contributed by atoms with van der Waals surface area (Å²) in [5, 5.41) is 0. The zero-order valence-corrected chi connectivity index (χ0v) is 11.4. The van der Waals surface area contributed by atoms with Gasteiger partial charge in [-0.15, -0.1) is 0 Å². The number of aryl methyl sites for hydroxylation is 2. The third kappa shape index (κ3) is 4.47. The minimum atomic E-state index is 0. The summed E-state index contributed by atoms with van der Waals surface area (Å²) in [6, 6.07) is 7.44. The molecule has 0 aliphatic rings. The molecule has 1 aromatic rings. The second-order valence-electron chi connectivity index (χ2n) is 3.36. The van der Waals surface area contributed by atoms with E-state index in [9.17, 15) is 0 Å². The molecule has 0 saturated carbocycles. The smallest absolute Gasteiger partial charge is 0.358 e. The van der Waals surface area contributed by atoms with Crippen LogP contribution in [0.1, 0.15) is 36.5 Å². The van der Waals surface area contributed by atoms with E-state index in [2.05, 4.69) is 32.9 Å². The predicted octanol–water partition coefficient (Wildman–Crippen LogP) is 3.52. The maximum absolute atomic E-state index is 3.22. The van der Waals surface area contributed by atoms with Crippen molar-refractivity contribution in [2.75, 3.05) is 0 Å². The predicted molar refractivity (Wildman–Crippen MR) is 65.5 cm³/mol. The molecule has 0 radical (unpaired) electrons. The standard InChI is InChI=1S/C12H17.CH3.Mg/c1-4-5-8-12-9-6-7-10(2)11(12)3;;/h6,9H,4-5,8H2,1-3H3;1H3;/q2*-1;+2. The molecule has 74 valence electrons. The summed E-state index contributed by atoms with van der Waals surface area (Å²) in [5.41, 5.74) is 4.21. The first-order valence-corrected chi connectivity index (χ1v) is 4.72. The molecule has 0 spiro atoms. The Morgan fingerprint density at radius 3 is 2.50 bits per heavy atom. The Balaban J connectivity index is 0. The largest absolute Gasteiger partial charge is 2.00 e. The van der Waals surface area contributed by atoms with E-state index in [4.69, 9.17) is 0 Å². The monoisotopic (exact) mass is 200 g/mol. The zero-order chi connectivity index (χ0) is 8.97. The Morgan fingerprint density at radius 2 is 1.93 bits per heavy atom. The summed E-state index contributed by atoms with van der Waals surface area (Å²) in [6.45, 7) is 6.55. The van der Waals surface area contributed by atoms with Crippen LogP contribution in [0.4, 0.5) is 0 Å². The molecule has 1 rings (SSSR count). The molecule has 0 unspecified atom stereocenters. The van der Waals surface area contributed by atoms with Crippen LogP contribution in [0.15, 0.2) is 12.1 Å². The van der Waals surface area contributed by atoms with Gasteiger partial charge in [-0.1, -0.05) is 40.0 Å². The van der Waals surface area contributed by atoms with Gasteiger partial charge in [-0.05, 0) is 0 Å². The number of rotatable bonds is 3. The SMILES string of the molecule is CCCCc1cc[c-]c(C)c1C.[CH3-].[Mg+2]. The molecule has 1 heteroatoms. The first-order chi connectivity index (χ1) is 5.75. The third-order valence-electron chi connectivity index (χ3n) is 2.43. The Labute approximate surface area is 105 Å². The molecule has 0 saturated heterocycles. The van der Waals surface area contributed by atoms with Crippen molar-refractivity contribution in [1.82, 2.24) is 0 Å². The average Bonchev–Trinajstić information content (AvgIpc) is 2.08. The van der Waals surface area contributed by atoms with Crippen LogP contribution < -0.4 is 0 Å². The number of benzene rings is 1. The van der Waals surface area contributed by atoms with Crippen molar-refractivity contribution in [2.24, 2.45) is 0 Å². The van der Waals surface area contributed by atoms with E-state index in [1.165, 1.54) is 36.0 Å².